The predicted octanol–water partition coefficient (Wildman–Crippen LogP) is 5.49. The Morgan fingerprint density at radius 1 is 0.978 bits per heavy atom. The van der Waals surface area contributed by atoms with Gasteiger partial charge in [-0.1, -0.05) is 29.8 Å². The molecule has 8 heteroatoms. The van der Waals surface area contributed by atoms with Crippen molar-refractivity contribution in [3.8, 4) is 11.1 Å². The lowest BCUT2D eigenvalue weighted by molar-refractivity contribution is -0.120. The van der Waals surface area contributed by atoms with Gasteiger partial charge in [-0.15, -0.1) is 0 Å². The van der Waals surface area contributed by atoms with Crippen LogP contribution < -0.4 is 10.2 Å². The summed E-state index contributed by atoms with van der Waals surface area (Å²) in [5.41, 5.74) is 7.80. The maximum absolute atomic E-state index is 13.9. The minimum absolute atomic E-state index is 0.154. The second kappa shape index (κ2) is 14.8. The Morgan fingerprint density at radius 3 is 2.27 bits per heavy atom. The number of nitrogens with zero attached hydrogens (tertiary/aromatic N) is 4. The summed E-state index contributed by atoms with van der Waals surface area (Å²) in [6.45, 7) is 13.6. The third-order valence-corrected chi connectivity index (χ3v) is 9.95. The number of dihydropyridines is 1. The molecule has 8 nitrogen and oxygen atoms in total. The Balaban J connectivity index is 1.43. The Kier molecular flexibility index (Phi) is 10.9. The zero-order chi connectivity index (χ0) is 32.1. The standard InChI is InChI=1S/C37H51N5O3/c1-7-42(32-14-12-31(13-15-32)40(5)6)35-22-30(29-10-8-28(9-11-29)24-41-16-18-45-19-17-41)21-33(27(35)4)36(43)38-23-34-25(2)20-26(3)39-37(34)44/h8-11,20-22,31-32,34H,7,12-19,23-24H2,1-6H3,(H,38,43). The highest BCUT2D eigenvalue weighted by Crippen LogP contribution is 2.36. The minimum atomic E-state index is -0.432. The number of aliphatic imine (C=N–C) groups is 1. The molecule has 1 saturated carbocycles. The summed E-state index contributed by atoms with van der Waals surface area (Å²) < 4.78 is 5.51. The van der Waals surface area contributed by atoms with Gasteiger partial charge in [0, 0.05) is 61.8 Å². The molecule has 2 aromatic carbocycles. The van der Waals surface area contributed by atoms with Gasteiger partial charge < -0.3 is 19.9 Å². The third-order valence-electron chi connectivity index (χ3n) is 9.95. The first-order valence-corrected chi connectivity index (χ1v) is 16.7. The number of hydrogen-bond donors (Lipinski definition) is 1. The highest BCUT2D eigenvalue weighted by Gasteiger charge is 2.29. The molecule has 2 amide bonds. The van der Waals surface area contributed by atoms with Crippen LogP contribution in [0.2, 0.25) is 0 Å². The van der Waals surface area contributed by atoms with Crippen LogP contribution >= 0.6 is 0 Å². The van der Waals surface area contributed by atoms with E-state index in [0.717, 1.165) is 80.2 Å². The van der Waals surface area contributed by atoms with Crippen molar-refractivity contribution in [2.45, 2.75) is 72.0 Å². The van der Waals surface area contributed by atoms with Crippen LogP contribution in [0.5, 0.6) is 0 Å². The zero-order valence-corrected chi connectivity index (χ0v) is 28.1. The van der Waals surface area contributed by atoms with Gasteiger partial charge in [0.05, 0.1) is 19.1 Å². The molecule has 2 heterocycles. The molecule has 2 aromatic rings. The fourth-order valence-electron chi connectivity index (χ4n) is 7.18. The van der Waals surface area contributed by atoms with Gasteiger partial charge in [-0.25, -0.2) is 4.99 Å². The van der Waals surface area contributed by atoms with Crippen LogP contribution in [0.15, 0.2) is 53.0 Å². The van der Waals surface area contributed by atoms with Crippen LogP contribution in [0.3, 0.4) is 0 Å². The molecular weight excluding hydrogens is 562 g/mol. The van der Waals surface area contributed by atoms with Gasteiger partial charge in [0.1, 0.15) is 0 Å². The number of rotatable bonds is 10. The Morgan fingerprint density at radius 2 is 1.64 bits per heavy atom. The van der Waals surface area contributed by atoms with Crippen molar-refractivity contribution in [1.82, 2.24) is 15.1 Å². The molecule has 0 bridgehead atoms. The fraction of sp³-hybridized carbons (Fsp3) is 0.541. The number of benzene rings is 2. The second-order valence-electron chi connectivity index (χ2n) is 13.2. The van der Waals surface area contributed by atoms with E-state index in [1.54, 1.807) is 0 Å². The molecular formula is C37H51N5O3. The lowest BCUT2D eigenvalue weighted by Crippen LogP contribution is -2.42. The summed E-state index contributed by atoms with van der Waals surface area (Å²) in [6, 6.07) is 14.1. The molecule has 2 fully saturated rings. The summed E-state index contributed by atoms with van der Waals surface area (Å²) in [6.07, 6.45) is 6.54. The minimum Gasteiger partial charge on any atom is -0.379 e. The van der Waals surface area contributed by atoms with Gasteiger partial charge in [0.25, 0.3) is 11.8 Å². The number of nitrogens with one attached hydrogen (secondary N) is 1. The first kappa shape index (κ1) is 33.0. The van der Waals surface area contributed by atoms with Crippen LogP contribution in [0.1, 0.15) is 67.9 Å². The van der Waals surface area contributed by atoms with Gasteiger partial charge in [-0.05, 0) is 108 Å². The molecule has 3 aliphatic rings. The number of ether oxygens (including phenoxy) is 1. The van der Waals surface area contributed by atoms with Gasteiger partial charge in [0.15, 0.2) is 0 Å². The SMILES string of the molecule is CCN(c1cc(-c2ccc(CN3CCOCC3)cc2)cc(C(=O)NCC2C(=O)N=C(C)C=C2C)c1C)C1CCC(N(C)C)CC1. The van der Waals surface area contributed by atoms with Crippen LogP contribution in [-0.2, 0) is 16.1 Å². The summed E-state index contributed by atoms with van der Waals surface area (Å²) in [4.78, 5) is 38.0. The van der Waals surface area contributed by atoms with Gasteiger partial charge in [-0.2, -0.15) is 0 Å². The van der Waals surface area contributed by atoms with Crippen LogP contribution in [0.25, 0.3) is 11.1 Å². The maximum atomic E-state index is 13.9. The van der Waals surface area contributed by atoms with E-state index in [1.807, 2.05) is 26.0 Å². The van der Waals surface area contributed by atoms with E-state index >= 15 is 0 Å². The zero-order valence-electron chi connectivity index (χ0n) is 28.1. The first-order valence-electron chi connectivity index (χ1n) is 16.7. The third kappa shape index (κ3) is 7.91. The molecule has 0 aromatic heterocycles. The van der Waals surface area contributed by atoms with E-state index in [1.165, 1.54) is 18.4 Å². The van der Waals surface area contributed by atoms with Crippen molar-refractivity contribution < 1.29 is 14.3 Å². The molecule has 0 spiro atoms. The number of carbonyl (C=O) groups is 2. The summed E-state index contributed by atoms with van der Waals surface area (Å²) in [5.74, 6) is -0.779. The van der Waals surface area contributed by atoms with Crippen LogP contribution in [0, 0.1) is 12.8 Å². The van der Waals surface area contributed by atoms with Crippen LogP contribution in [-0.4, -0.2) is 92.9 Å². The summed E-state index contributed by atoms with van der Waals surface area (Å²) >= 11 is 0. The van der Waals surface area contributed by atoms with Crippen molar-refractivity contribution in [2.24, 2.45) is 10.9 Å². The van der Waals surface area contributed by atoms with Gasteiger partial charge >= 0.3 is 0 Å². The fourth-order valence-corrected chi connectivity index (χ4v) is 7.18. The molecule has 2 aliphatic heterocycles. The molecule has 1 N–H and O–H groups in total. The molecule has 1 saturated heterocycles. The highest BCUT2D eigenvalue weighted by molar-refractivity contribution is 6.06. The lowest BCUT2D eigenvalue weighted by atomic mass is 9.88. The van der Waals surface area contributed by atoms with E-state index in [4.69, 9.17) is 4.74 Å². The Bertz CT molecular complexity index is 1420. The number of morpholine rings is 1. The molecule has 5 rings (SSSR count). The Hall–Kier alpha value is -3.33. The summed E-state index contributed by atoms with van der Waals surface area (Å²) in [7, 11) is 4.36. The number of carbonyl (C=O) groups excluding carboxylic acids is 2. The largest absolute Gasteiger partial charge is 0.379 e. The van der Waals surface area contributed by atoms with Crippen molar-refractivity contribution in [1.29, 1.82) is 0 Å². The first-order chi connectivity index (χ1) is 21.6. The highest BCUT2D eigenvalue weighted by atomic mass is 16.5. The second-order valence-corrected chi connectivity index (χ2v) is 13.2. The molecule has 0 radical (unpaired) electrons. The monoisotopic (exact) mass is 613 g/mol. The number of amides is 2. The average molecular weight is 614 g/mol. The maximum Gasteiger partial charge on any atom is 0.254 e. The number of hydrogen-bond acceptors (Lipinski definition) is 6. The average Bonchev–Trinajstić information content (AvgIpc) is 3.02. The quantitative estimate of drug-likeness (QED) is 0.382. The molecule has 1 unspecified atom stereocenters. The van der Waals surface area contributed by atoms with Gasteiger partial charge in [0.2, 0.25) is 0 Å². The molecule has 45 heavy (non-hydrogen) atoms. The van der Waals surface area contributed by atoms with E-state index < -0.39 is 5.92 Å². The van der Waals surface area contributed by atoms with E-state index in [2.05, 4.69) is 83.3 Å². The van der Waals surface area contributed by atoms with E-state index in [-0.39, 0.29) is 18.4 Å². The summed E-state index contributed by atoms with van der Waals surface area (Å²) in [5, 5.41) is 3.09. The molecule has 242 valence electrons. The van der Waals surface area contributed by atoms with Crippen molar-refractivity contribution in [3.05, 3.63) is 64.7 Å². The van der Waals surface area contributed by atoms with Crippen molar-refractivity contribution >= 4 is 23.2 Å². The topological polar surface area (TPSA) is 77.5 Å². The number of allylic oxidation sites excluding steroid dienone is 1. The predicted molar refractivity (Wildman–Crippen MR) is 183 cm³/mol. The van der Waals surface area contributed by atoms with E-state index in [0.29, 0.717) is 23.4 Å². The van der Waals surface area contributed by atoms with Crippen molar-refractivity contribution in [3.63, 3.8) is 0 Å². The van der Waals surface area contributed by atoms with Crippen molar-refractivity contribution in [2.75, 3.05) is 58.4 Å². The van der Waals surface area contributed by atoms with Gasteiger partial charge in [-0.3, -0.25) is 14.5 Å². The van der Waals surface area contributed by atoms with Crippen LogP contribution in [0.4, 0.5) is 5.69 Å². The number of anilines is 1. The normalized spacial score (nSPS) is 22.6. The molecule has 1 atom stereocenters. The lowest BCUT2D eigenvalue weighted by Gasteiger charge is -2.40. The molecule has 1 aliphatic carbocycles. The van der Waals surface area contributed by atoms with E-state index in [9.17, 15) is 9.59 Å². The smallest absolute Gasteiger partial charge is 0.254 e. The Labute approximate surface area is 269 Å².